The number of carbonyl (C=O) groups is 2. The molecule has 2 rings (SSSR count). The number of aryl methyl sites for hydroxylation is 1. The summed E-state index contributed by atoms with van der Waals surface area (Å²) in [5.74, 6) is -0.175. The van der Waals surface area contributed by atoms with E-state index in [1.54, 1.807) is 17.4 Å². The Morgan fingerprint density at radius 3 is 2.65 bits per heavy atom. The van der Waals surface area contributed by atoms with Crippen molar-refractivity contribution in [3.63, 3.8) is 0 Å². The molecule has 106 valence electrons. The Morgan fingerprint density at radius 1 is 1.15 bits per heavy atom. The summed E-state index contributed by atoms with van der Waals surface area (Å²) in [6.45, 7) is 2.94. The average molecular weight is 308 g/mol. The summed E-state index contributed by atoms with van der Waals surface area (Å²) >= 11 is 3.02. The van der Waals surface area contributed by atoms with Crippen LogP contribution in [-0.2, 0) is 11.3 Å². The maximum Gasteiger partial charge on any atom is 0.261 e. The molecule has 2 heterocycles. The van der Waals surface area contributed by atoms with Crippen molar-refractivity contribution in [2.75, 3.05) is 6.54 Å². The minimum Gasteiger partial charge on any atom is -0.351 e. The third-order valence-corrected chi connectivity index (χ3v) is 4.69. The fourth-order valence-electron chi connectivity index (χ4n) is 1.64. The minimum absolute atomic E-state index is 0.0516. The second-order valence-corrected chi connectivity index (χ2v) is 6.24. The molecule has 2 aromatic heterocycles. The molecule has 2 N–H and O–H groups in total. The maximum absolute atomic E-state index is 11.7. The standard InChI is InChI=1S/C14H16N2O2S2/c1-10-5-8-20-12(10)9-16-13(17)4-6-15-14(18)11-3-2-7-19-11/h2-3,5,7-8H,4,6,9H2,1H3,(H,15,18)(H,16,17). The molecule has 0 unspecified atom stereocenters. The first-order valence-corrected chi connectivity index (χ1v) is 8.04. The van der Waals surface area contributed by atoms with Crippen LogP contribution in [-0.4, -0.2) is 18.4 Å². The van der Waals surface area contributed by atoms with E-state index in [0.717, 1.165) is 0 Å². The molecular formula is C14H16N2O2S2. The van der Waals surface area contributed by atoms with E-state index >= 15 is 0 Å². The topological polar surface area (TPSA) is 58.2 Å². The highest BCUT2D eigenvalue weighted by Crippen LogP contribution is 2.14. The van der Waals surface area contributed by atoms with E-state index in [-0.39, 0.29) is 11.8 Å². The molecule has 0 spiro atoms. The van der Waals surface area contributed by atoms with Gasteiger partial charge in [0.1, 0.15) is 0 Å². The van der Waals surface area contributed by atoms with Crippen molar-refractivity contribution in [1.29, 1.82) is 0 Å². The van der Waals surface area contributed by atoms with Crippen LogP contribution in [0, 0.1) is 6.92 Å². The van der Waals surface area contributed by atoms with Gasteiger partial charge in [0.15, 0.2) is 0 Å². The molecule has 6 heteroatoms. The zero-order valence-corrected chi connectivity index (χ0v) is 12.8. The lowest BCUT2D eigenvalue weighted by Crippen LogP contribution is -2.30. The number of nitrogens with one attached hydrogen (secondary N) is 2. The summed E-state index contributed by atoms with van der Waals surface area (Å²) in [5.41, 5.74) is 1.20. The van der Waals surface area contributed by atoms with Crippen LogP contribution >= 0.6 is 22.7 Å². The van der Waals surface area contributed by atoms with Crippen molar-refractivity contribution < 1.29 is 9.59 Å². The smallest absolute Gasteiger partial charge is 0.261 e. The van der Waals surface area contributed by atoms with E-state index in [4.69, 9.17) is 0 Å². The lowest BCUT2D eigenvalue weighted by Gasteiger charge is -2.06. The van der Waals surface area contributed by atoms with Crippen LogP contribution in [0.25, 0.3) is 0 Å². The van der Waals surface area contributed by atoms with Crippen molar-refractivity contribution >= 4 is 34.5 Å². The summed E-state index contributed by atoms with van der Waals surface area (Å²) < 4.78 is 0. The molecule has 0 aliphatic carbocycles. The first-order chi connectivity index (χ1) is 9.66. The van der Waals surface area contributed by atoms with Crippen LogP contribution in [0.5, 0.6) is 0 Å². The first-order valence-electron chi connectivity index (χ1n) is 6.28. The van der Waals surface area contributed by atoms with Gasteiger partial charge in [-0.15, -0.1) is 22.7 Å². The number of hydrogen-bond acceptors (Lipinski definition) is 4. The molecule has 0 aromatic carbocycles. The van der Waals surface area contributed by atoms with Gasteiger partial charge >= 0.3 is 0 Å². The molecule has 2 aromatic rings. The van der Waals surface area contributed by atoms with Crippen molar-refractivity contribution in [3.8, 4) is 0 Å². The normalized spacial score (nSPS) is 10.2. The van der Waals surface area contributed by atoms with Gasteiger partial charge in [0.25, 0.3) is 5.91 Å². The van der Waals surface area contributed by atoms with Crippen molar-refractivity contribution in [2.45, 2.75) is 19.9 Å². The Balaban J connectivity index is 1.65. The highest BCUT2D eigenvalue weighted by molar-refractivity contribution is 7.12. The molecule has 20 heavy (non-hydrogen) atoms. The van der Waals surface area contributed by atoms with Crippen LogP contribution in [0.3, 0.4) is 0 Å². The molecule has 2 amide bonds. The van der Waals surface area contributed by atoms with Gasteiger partial charge in [0, 0.05) is 17.8 Å². The van der Waals surface area contributed by atoms with Gasteiger partial charge in [-0.3, -0.25) is 9.59 Å². The molecule has 4 nitrogen and oxygen atoms in total. The van der Waals surface area contributed by atoms with Gasteiger partial charge in [-0.1, -0.05) is 6.07 Å². The molecule has 0 aliphatic heterocycles. The number of carbonyl (C=O) groups excluding carboxylic acids is 2. The van der Waals surface area contributed by atoms with E-state index < -0.39 is 0 Å². The van der Waals surface area contributed by atoms with Gasteiger partial charge in [-0.25, -0.2) is 0 Å². The van der Waals surface area contributed by atoms with Crippen LogP contribution in [0.4, 0.5) is 0 Å². The van der Waals surface area contributed by atoms with E-state index in [1.807, 2.05) is 29.8 Å². The third kappa shape index (κ3) is 4.18. The molecule has 0 aliphatic rings. The molecule has 0 saturated heterocycles. The van der Waals surface area contributed by atoms with Gasteiger partial charge in [-0.05, 0) is 35.4 Å². The zero-order chi connectivity index (χ0) is 14.4. The predicted molar refractivity (Wildman–Crippen MR) is 82.2 cm³/mol. The number of thiophene rings is 2. The highest BCUT2D eigenvalue weighted by Gasteiger charge is 2.07. The van der Waals surface area contributed by atoms with Crippen molar-refractivity contribution in [3.05, 3.63) is 44.3 Å². The van der Waals surface area contributed by atoms with Gasteiger partial charge < -0.3 is 10.6 Å². The zero-order valence-electron chi connectivity index (χ0n) is 11.1. The molecule has 0 saturated carbocycles. The Hall–Kier alpha value is -1.66. The fourth-order valence-corrected chi connectivity index (χ4v) is 3.12. The quantitative estimate of drug-likeness (QED) is 0.861. The Bertz CT molecular complexity index is 576. The second kappa shape index (κ2) is 7.21. The highest BCUT2D eigenvalue weighted by atomic mass is 32.1. The Morgan fingerprint density at radius 2 is 2.00 bits per heavy atom. The second-order valence-electron chi connectivity index (χ2n) is 4.29. The SMILES string of the molecule is Cc1ccsc1CNC(=O)CCNC(=O)c1cccs1. The largest absolute Gasteiger partial charge is 0.351 e. The van der Waals surface area contributed by atoms with Crippen molar-refractivity contribution in [1.82, 2.24) is 10.6 Å². The van der Waals surface area contributed by atoms with Gasteiger partial charge in [-0.2, -0.15) is 0 Å². The summed E-state index contributed by atoms with van der Waals surface area (Å²) in [4.78, 5) is 25.1. The average Bonchev–Trinajstić information content (AvgIpc) is 3.07. The summed E-state index contributed by atoms with van der Waals surface area (Å²) in [7, 11) is 0. The molecular weight excluding hydrogens is 292 g/mol. The molecule has 0 radical (unpaired) electrons. The van der Waals surface area contributed by atoms with Gasteiger partial charge in [0.2, 0.25) is 5.91 Å². The molecule has 0 fully saturated rings. The maximum atomic E-state index is 11.7. The van der Waals surface area contributed by atoms with Gasteiger partial charge in [0.05, 0.1) is 11.4 Å². The monoisotopic (exact) mass is 308 g/mol. The minimum atomic E-state index is -0.123. The number of amides is 2. The summed E-state index contributed by atoms with van der Waals surface area (Å²) in [6.07, 6.45) is 0.293. The predicted octanol–water partition coefficient (Wildman–Crippen LogP) is 2.55. The molecule has 0 atom stereocenters. The lowest BCUT2D eigenvalue weighted by atomic mass is 10.3. The van der Waals surface area contributed by atoms with Crippen LogP contribution in [0.15, 0.2) is 29.0 Å². The van der Waals surface area contributed by atoms with E-state index in [9.17, 15) is 9.59 Å². The van der Waals surface area contributed by atoms with Crippen LogP contribution < -0.4 is 10.6 Å². The Labute approximate surface area is 125 Å². The van der Waals surface area contributed by atoms with E-state index in [0.29, 0.717) is 24.4 Å². The molecule has 0 bridgehead atoms. The van der Waals surface area contributed by atoms with Crippen molar-refractivity contribution in [2.24, 2.45) is 0 Å². The Kier molecular flexibility index (Phi) is 5.31. The van der Waals surface area contributed by atoms with Crippen LogP contribution in [0.2, 0.25) is 0 Å². The summed E-state index contributed by atoms with van der Waals surface area (Å²) in [6, 6.07) is 5.63. The third-order valence-electron chi connectivity index (χ3n) is 2.80. The lowest BCUT2D eigenvalue weighted by molar-refractivity contribution is -0.121. The number of rotatable bonds is 6. The number of hydrogen-bond donors (Lipinski definition) is 2. The van der Waals surface area contributed by atoms with E-state index in [2.05, 4.69) is 10.6 Å². The first kappa shape index (κ1) is 14.7. The summed E-state index contributed by atoms with van der Waals surface area (Å²) in [5, 5.41) is 9.46. The van der Waals surface area contributed by atoms with E-state index in [1.165, 1.54) is 21.8 Å². The van der Waals surface area contributed by atoms with Crippen LogP contribution in [0.1, 0.15) is 26.5 Å². The fraction of sp³-hybridized carbons (Fsp3) is 0.286.